The normalized spacial score (nSPS) is 10.0. The maximum Gasteiger partial charge on any atom is 1.00 e. The minimum atomic E-state index is -0.106. The van der Waals surface area contributed by atoms with Crippen LogP contribution in [0.1, 0.15) is 0 Å². The van der Waals surface area contributed by atoms with E-state index in [4.69, 9.17) is 11.6 Å². The molecule has 0 radical (unpaired) electrons. The molecule has 0 bridgehead atoms. The van der Waals surface area contributed by atoms with Gasteiger partial charge in [0.25, 0.3) is 0 Å². The van der Waals surface area contributed by atoms with Crippen molar-refractivity contribution in [3.8, 4) is 5.75 Å². The summed E-state index contributed by atoms with van der Waals surface area (Å²) in [6, 6.07) is 4.90. The summed E-state index contributed by atoms with van der Waals surface area (Å²) in [5.74, 6) is -0.106. The minimum Gasteiger partial charge on any atom is -0.795 e. The Morgan fingerprint density at radius 2 is 2.20 bits per heavy atom. The molecule has 2 aromatic rings. The number of halogens is 1. The molecule has 0 amide bonds. The van der Waals surface area contributed by atoms with Crippen LogP contribution in [0, 0.1) is 0 Å². The molecule has 1 aromatic carbocycles. The summed E-state index contributed by atoms with van der Waals surface area (Å²) in [4.78, 5) is 4.16. The second kappa shape index (κ2) is 5.84. The Balaban J connectivity index is 0.00000112. The zero-order chi connectivity index (χ0) is 10.1. The van der Waals surface area contributed by atoms with Crippen LogP contribution >= 0.6 is 23.6 Å². The van der Waals surface area contributed by atoms with Crippen molar-refractivity contribution < 1.29 is 61.0 Å². The van der Waals surface area contributed by atoms with E-state index in [-0.39, 0.29) is 74.1 Å². The van der Waals surface area contributed by atoms with Gasteiger partial charge in [-0.15, -0.1) is 0 Å². The van der Waals surface area contributed by atoms with Crippen molar-refractivity contribution >= 4 is 34.5 Å². The number of benzene rings is 1. The smallest absolute Gasteiger partial charge is 0.795 e. The second-order valence-electron chi connectivity index (χ2n) is 2.69. The topological polar surface area (TPSA) is 56.2 Å². The van der Waals surface area contributed by atoms with Gasteiger partial charge in [0.15, 0.2) is 5.75 Å². The molecule has 6 heteroatoms. The Morgan fingerprint density at radius 1 is 1.47 bits per heavy atom. The molecule has 1 heterocycles. The van der Waals surface area contributed by atoms with E-state index in [1.54, 1.807) is 12.1 Å². The first-order valence-electron chi connectivity index (χ1n) is 3.80. The fraction of sp³-hybridized carbons (Fsp3) is 0. The molecule has 0 aliphatic rings. The van der Waals surface area contributed by atoms with Crippen LogP contribution in [0.2, 0.25) is 5.02 Å². The van der Waals surface area contributed by atoms with Crippen LogP contribution in [0.5, 0.6) is 5.75 Å². The number of aromatic nitrogens is 1. The maximum absolute atomic E-state index is 10.6. The number of rotatable bonds is 1. The van der Waals surface area contributed by atoms with Crippen LogP contribution in [-0.4, -0.2) is 14.6 Å². The molecule has 0 saturated carbocycles. The van der Waals surface area contributed by atoms with Crippen molar-refractivity contribution in [3.05, 3.63) is 29.4 Å². The third kappa shape index (κ3) is 2.67. The van der Waals surface area contributed by atoms with E-state index in [0.717, 1.165) is 0 Å². The van der Waals surface area contributed by atoms with Crippen molar-refractivity contribution in [1.82, 2.24) is 4.98 Å². The van der Waals surface area contributed by atoms with Crippen LogP contribution in [0.4, 0.5) is 0 Å². The molecule has 1 aromatic heterocycles. The molecule has 72 valence electrons. The van der Waals surface area contributed by atoms with Gasteiger partial charge in [0.1, 0.15) is 5.52 Å². The molecular weight excluding hydrogens is 261 g/mol. The Labute approximate surface area is 138 Å². The number of phenols is 1. The van der Waals surface area contributed by atoms with E-state index in [1.807, 2.05) is 0 Å². The molecule has 0 fully saturated rings. The van der Waals surface area contributed by atoms with Crippen molar-refractivity contribution in [2.24, 2.45) is 0 Å². The third-order valence-electron chi connectivity index (χ3n) is 1.87. The monoisotopic (exact) mass is 265 g/mol. The predicted molar refractivity (Wildman–Crippen MR) is 55.1 cm³/mol. The van der Waals surface area contributed by atoms with Gasteiger partial charge in [-0.05, 0) is 18.2 Å². The number of aromatic hydroxyl groups is 1. The fourth-order valence-corrected chi connectivity index (χ4v) is 1.90. The van der Waals surface area contributed by atoms with E-state index in [0.29, 0.717) is 15.9 Å². The molecule has 0 saturated heterocycles. The van der Waals surface area contributed by atoms with Gasteiger partial charge in [-0.2, -0.15) is 0 Å². The summed E-state index contributed by atoms with van der Waals surface area (Å²) in [5, 5.41) is 10.7. The zero-order valence-electron chi connectivity index (χ0n) is 7.90. The van der Waals surface area contributed by atoms with Gasteiger partial charge in [0.2, 0.25) is 0 Å². The van der Waals surface area contributed by atoms with Crippen LogP contribution < -0.4 is 51.4 Å². The van der Waals surface area contributed by atoms with Crippen molar-refractivity contribution in [2.45, 2.75) is 4.90 Å². The molecule has 0 unspecified atom stereocenters. The standard InChI is InChI=1S/C9H6ClNO2S.K/c10-6-4-7(14-13)9(12)8-5(6)2-1-3-11-8;/h1-4,12-13H;/q;+1/p-1. The first kappa shape index (κ1) is 13.7. The molecule has 0 spiro atoms. The summed E-state index contributed by atoms with van der Waals surface area (Å²) in [6.07, 6.45) is 1.54. The summed E-state index contributed by atoms with van der Waals surface area (Å²) in [7, 11) is 0. The average molecular weight is 266 g/mol. The Morgan fingerprint density at radius 3 is 2.87 bits per heavy atom. The maximum atomic E-state index is 10.6. The van der Waals surface area contributed by atoms with E-state index in [1.165, 1.54) is 12.3 Å². The van der Waals surface area contributed by atoms with Gasteiger partial charge in [-0.25, -0.2) is 12.0 Å². The summed E-state index contributed by atoms with van der Waals surface area (Å²) >= 11 is 6.11. The Bertz CT molecular complexity index is 495. The molecule has 15 heavy (non-hydrogen) atoms. The van der Waals surface area contributed by atoms with Crippen LogP contribution in [0.15, 0.2) is 29.3 Å². The zero-order valence-corrected chi connectivity index (χ0v) is 12.6. The number of fused-ring (bicyclic) bond motifs is 1. The Kier molecular flexibility index (Phi) is 5.34. The summed E-state index contributed by atoms with van der Waals surface area (Å²) in [5.41, 5.74) is 0.360. The van der Waals surface area contributed by atoms with E-state index in [2.05, 4.69) is 4.98 Å². The number of pyridine rings is 1. The van der Waals surface area contributed by atoms with E-state index in [9.17, 15) is 9.66 Å². The average Bonchev–Trinajstić information content (AvgIpc) is 2.23. The van der Waals surface area contributed by atoms with Gasteiger partial charge in [0.05, 0.1) is 5.02 Å². The first-order chi connectivity index (χ1) is 6.74. The van der Waals surface area contributed by atoms with Crippen molar-refractivity contribution in [3.63, 3.8) is 0 Å². The van der Waals surface area contributed by atoms with Gasteiger partial charge in [-0.1, -0.05) is 11.6 Å². The van der Waals surface area contributed by atoms with Crippen LogP contribution in [-0.2, 0) is 0 Å². The van der Waals surface area contributed by atoms with Gasteiger partial charge in [0, 0.05) is 16.5 Å². The predicted octanol–water partition coefficient (Wildman–Crippen LogP) is -0.180. The van der Waals surface area contributed by atoms with Crippen LogP contribution in [0.25, 0.3) is 10.9 Å². The molecule has 2 rings (SSSR count). The SMILES string of the molecule is [K+].[O-]Sc1cc(Cl)c2cccnc2c1O. The van der Waals surface area contributed by atoms with Gasteiger partial charge < -0.3 is 9.66 Å². The Hall–Kier alpha value is 0.666. The fourth-order valence-electron chi connectivity index (χ4n) is 1.23. The molecule has 3 nitrogen and oxygen atoms in total. The number of nitrogens with zero attached hydrogens (tertiary/aromatic N) is 1. The second-order valence-corrected chi connectivity index (χ2v) is 3.70. The number of hydrogen-bond acceptors (Lipinski definition) is 4. The number of hydrogen-bond donors (Lipinski definition) is 1. The molecular formula is C9H5ClKNO2S. The third-order valence-corrected chi connectivity index (χ3v) is 2.67. The summed E-state index contributed by atoms with van der Waals surface area (Å²) in [6.45, 7) is 0. The minimum absolute atomic E-state index is 0. The van der Waals surface area contributed by atoms with Gasteiger partial charge in [-0.3, -0.25) is 4.98 Å². The van der Waals surface area contributed by atoms with Gasteiger partial charge >= 0.3 is 51.4 Å². The quantitative estimate of drug-likeness (QED) is 0.574. The summed E-state index contributed by atoms with van der Waals surface area (Å²) < 4.78 is 10.6. The largest absolute Gasteiger partial charge is 1.00 e. The molecule has 1 N–H and O–H groups in total. The molecule has 0 atom stereocenters. The first-order valence-corrected chi connectivity index (χ1v) is 4.92. The van der Waals surface area contributed by atoms with Crippen molar-refractivity contribution in [1.29, 1.82) is 0 Å². The number of phenolic OH excluding ortho intramolecular Hbond substituents is 1. The molecule has 0 aliphatic heterocycles. The van der Waals surface area contributed by atoms with E-state index < -0.39 is 0 Å². The molecule has 0 aliphatic carbocycles. The van der Waals surface area contributed by atoms with Crippen LogP contribution in [0.3, 0.4) is 0 Å². The van der Waals surface area contributed by atoms with E-state index >= 15 is 0 Å². The van der Waals surface area contributed by atoms with Crippen molar-refractivity contribution in [2.75, 3.05) is 0 Å².